The van der Waals surface area contributed by atoms with Crippen LogP contribution in [0.1, 0.15) is 25.2 Å². The summed E-state index contributed by atoms with van der Waals surface area (Å²) in [7, 11) is 0. The van der Waals surface area contributed by atoms with Gasteiger partial charge in [0.2, 0.25) is 5.89 Å². The molecule has 1 aromatic rings. The van der Waals surface area contributed by atoms with Crippen LogP contribution < -0.4 is 5.32 Å². The van der Waals surface area contributed by atoms with Gasteiger partial charge in [-0.3, -0.25) is 0 Å². The van der Waals surface area contributed by atoms with Gasteiger partial charge in [-0.05, 0) is 31.1 Å². The fourth-order valence-corrected chi connectivity index (χ4v) is 2.48. The lowest BCUT2D eigenvalue weighted by atomic mass is 10.2. The molecule has 0 aromatic carbocycles. The number of anilines is 1. The molecule has 2 aliphatic rings. The van der Waals surface area contributed by atoms with Gasteiger partial charge in [0.1, 0.15) is 5.88 Å². The van der Waals surface area contributed by atoms with Crippen molar-refractivity contribution in [3.63, 3.8) is 0 Å². The minimum atomic E-state index is 0.282. The molecule has 2 aliphatic carbocycles. The van der Waals surface area contributed by atoms with Gasteiger partial charge in [0.05, 0.1) is 0 Å². The first-order chi connectivity index (χ1) is 6.85. The van der Waals surface area contributed by atoms with Crippen LogP contribution in [0.4, 0.5) is 6.01 Å². The summed E-state index contributed by atoms with van der Waals surface area (Å²) in [5.41, 5.74) is 0. The normalized spacial score (nSPS) is 34.2. The van der Waals surface area contributed by atoms with E-state index in [-0.39, 0.29) is 5.88 Å². The lowest BCUT2D eigenvalue weighted by molar-refractivity contribution is 0.511. The Morgan fingerprint density at radius 1 is 1.29 bits per heavy atom. The van der Waals surface area contributed by atoms with Crippen LogP contribution in [0.3, 0.4) is 0 Å². The number of alkyl halides is 1. The fourth-order valence-electron chi connectivity index (χ4n) is 2.37. The van der Waals surface area contributed by atoms with Crippen LogP contribution in [-0.2, 0) is 5.88 Å². The number of nitrogens with one attached hydrogen (secondary N) is 1. The van der Waals surface area contributed by atoms with Gasteiger partial charge >= 0.3 is 6.01 Å². The molecule has 0 saturated heterocycles. The van der Waals surface area contributed by atoms with Gasteiger partial charge in [0.25, 0.3) is 0 Å². The molecular weight excluding hydrogens is 202 g/mol. The third-order valence-electron chi connectivity index (χ3n) is 3.15. The van der Waals surface area contributed by atoms with Gasteiger partial charge in [0, 0.05) is 6.04 Å². The molecule has 0 amide bonds. The molecule has 2 unspecified atom stereocenters. The first-order valence-corrected chi connectivity index (χ1v) is 5.53. The highest BCUT2D eigenvalue weighted by atomic mass is 35.5. The SMILES string of the molecule is ClCc1nnc(NC2CC3CC3C2)o1. The van der Waals surface area contributed by atoms with Crippen LogP contribution in [-0.4, -0.2) is 16.2 Å². The van der Waals surface area contributed by atoms with Crippen molar-refractivity contribution in [1.82, 2.24) is 10.2 Å². The van der Waals surface area contributed by atoms with Crippen molar-refractivity contribution in [2.75, 3.05) is 5.32 Å². The van der Waals surface area contributed by atoms with Gasteiger partial charge in [-0.1, -0.05) is 5.10 Å². The van der Waals surface area contributed by atoms with Crippen LogP contribution in [0.25, 0.3) is 0 Å². The molecule has 5 heteroatoms. The lowest BCUT2D eigenvalue weighted by Crippen LogP contribution is -2.17. The third kappa shape index (κ3) is 1.47. The molecule has 76 valence electrons. The van der Waals surface area contributed by atoms with Crippen molar-refractivity contribution in [3.05, 3.63) is 5.89 Å². The number of rotatable bonds is 3. The van der Waals surface area contributed by atoms with E-state index in [4.69, 9.17) is 16.0 Å². The predicted octanol–water partition coefficient (Wildman–Crippen LogP) is 2.02. The van der Waals surface area contributed by atoms with Crippen molar-refractivity contribution in [1.29, 1.82) is 0 Å². The van der Waals surface area contributed by atoms with E-state index in [1.165, 1.54) is 19.3 Å². The van der Waals surface area contributed by atoms with E-state index in [0.29, 0.717) is 17.9 Å². The summed E-state index contributed by atoms with van der Waals surface area (Å²) in [6.45, 7) is 0. The van der Waals surface area contributed by atoms with Gasteiger partial charge < -0.3 is 9.73 Å². The van der Waals surface area contributed by atoms with Crippen LogP contribution in [0.15, 0.2) is 4.42 Å². The molecule has 0 aliphatic heterocycles. The lowest BCUT2D eigenvalue weighted by Gasteiger charge is -2.10. The van der Waals surface area contributed by atoms with Gasteiger partial charge in [-0.25, -0.2) is 0 Å². The maximum atomic E-state index is 5.56. The number of aromatic nitrogens is 2. The summed E-state index contributed by atoms with van der Waals surface area (Å²) >= 11 is 5.56. The zero-order valence-corrected chi connectivity index (χ0v) is 8.50. The van der Waals surface area contributed by atoms with E-state index in [9.17, 15) is 0 Å². The van der Waals surface area contributed by atoms with Crippen molar-refractivity contribution < 1.29 is 4.42 Å². The van der Waals surface area contributed by atoms with Crippen LogP contribution in [0, 0.1) is 11.8 Å². The molecule has 0 radical (unpaired) electrons. The average Bonchev–Trinajstić information content (AvgIpc) is 2.66. The van der Waals surface area contributed by atoms with E-state index in [0.717, 1.165) is 11.8 Å². The molecule has 4 nitrogen and oxygen atoms in total. The summed E-state index contributed by atoms with van der Waals surface area (Å²) in [6.07, 6.45) is 3.93. The van der Waals surface area contributed by atoms with E-state index in [1.807, 2.05) is 0 Å². The summed E-state index contributed by atoms with van der Waals surface area (Å²) in [5, 5.41) is 10.9. The van der Waals surface area contributed by atoms with Crippen LogP contribution in [0.2, 0.25) is 0 Å². The molecule has 0 spiro atoms. The van der Waals surface area contributed by atoms with Gasteiger partial charge in [-0.2, -0.15) is 0 Å². The predicted molar refractivity (Wildman–Crippen MR) is 52.1 cm³/mol. The third-order valence-corrected chi connectivity index (χ3v) is 3.38. The Morgan fingerprint density at radius 2 is 2.07 bits per heavy atom. The van der Waals surface area contributed by atoms with Crippen molar-refractivity contribution in [3.8, 4) is 0 Å². The standard InChI is InChI=1S/C9H12ClN3O/c10-4-8-12-13-9(14-8)11-7-2-5-1-6(5)3-7/h5-7H,1-4H2,(H,11,13). The van der Waals surface area contributed by atoms with Crippen molar-refractivity contribution in [2.24, 2.45) is 11.8 Å². The molecule has 2 saturated carbocycles. The smallest absolute Gasteiger partial charge is 0.315 e. The van der Waals surface area contributed by atoms with Crippen molar-refractivity contribution in [2.45, 2.75) is 31.2 Å². The molecule has 1 N–H and O–H groups in total. The largest absolute Gasteiger partial charge is 0.407 e. The maximum Gasteiger partial charge on any atom is 0.315 e. The second kappa shape index (κ2) is 3.12. The summed E-state index contributed by atoms with van der Waals surface area (Å²) in [5.74, 6) is 2.69. The van der Waals surface area contributed by atoms with E-state index < -0.39 is 0 Å². The first-order valence-electron chi connectivity index (χ1n) is 5.00. The molecule has 1 heterocycles. The minimum absolute atomic E-state index is 0.282. The molecule has 2 fully saturated rings. The minimum Gasteiger partial charge on any atom is -0.407 e. The highest BCUT2D eigenvalue weighted by Crippen LogP contribution is 2.52. The quantitative estimate of drug-likeness (QED) is 0.781. The zero-order chi connectivity index (χ0) is 9.54. The molecule has 3 rings (SSSR count). The fraction of sp³-hybridized carbons (Fsp3) is 0.778. The Kier molecular flexibility index (Phi) is 1.90. The topological polar surface area (TPSA) is 51.0 Å². The molecule has 14 heavy (non-hydrogen) atoms. The maximum absolute atomic E-state index is 5.56. The summed E-state index contributed by atoms with van der Waals surface area (Å²) in [6, 6.07) is 1.05. The molecule has 2 atom stereocenters. The van der Waals surface area contributed by atoms with E-state index in [1.54, 1.807) is 0 Å². The van der Waals surface area contributed by atoms with E-state index in [2.05, 4.69) is 15.5 Å². The number of nitrogens with zero attached hydrogens (tertiary/aromatic N) is 2. The zero-order valence-electron chi connectivity index (χ0n) is 7.74. The number of fused-ring (bicyclic) bond motifs is 1. The Balaban J connectivity index is 1.61. The van der Waals surface area contributed by atoms with Crippen LogP contribution >= 0.6 is 11.6 Å². The van der Waals surface area contributed by atoms with E-state index >= 15 is 0 Å². The highest BCUT2D eigenvalue weighted by molar-refractivity contribution is 6.16. The highest BCUT2D eigenvalue weighted by Gasteiger charge is 2.46. The Hall–Kier alpha value is -0.770. The van der Waals surface area contributed by atoms with Gasteiger partial charge in [0.15, 0.2) is 0 Å². The molecule has 0 bridgehead atoms. The Bertz CT molecular complexity index is 331. The Labute approximate surface area is 87.0 Å². The number of halogens is 1. The van der Waals surface area contributed by atoms with Crippen molar-refractivity contribution >= 4 is 17.6 Å². The number of hydrogen-bond donors (Lipinski definition) is 1. The molecule has 1 aromatic heterocycles. The monoisotopic (exact) mass is 213 g/mol. The average molecular weight is 214 g/mol. The second-order valence-electron chi connectivity index (χ2n) is 4.20. The summed E-state index contributed by atoms with van der Waals surface area (Å²) in [4.78, 5) is 0. The molecular formula is C9H12ClN3O. The Morgan fingerprint density at radius 3 is 2.71 bits per heavy atom. The van der Waals surface area contributed by atoms with Gasteiger partial charge in [-0.15, -0.1) is 16.7 Å². The van der Waals surface area contributed by atoms with Crippen LogP contribution in [0.5, 0.6) is 0 Å². The second-order valence-corrected chi connectivity index (χ2v) is 4.47. The first kappa shape index (κ1) is 8.53. The summed E-state index contributed by atoms with van der Waals surface area (Å²) < 4.78 is 5.28. The number of hydrogen-bond acceptors (Lipinski definition) is 4.